The highest BCUT2D eigenvalue weighted by Crippen LogP contribution is 1.71. The summed E-state index contributed by atoms with van der Waals surface area (Å²) in [5.41, 5.74) is 0. The summed E-state index contributed by atoms with van der Waals surface area (Å²) in [6, 6.07) is 6.00. The number of hydrogen-bond donors (Lipinski definition) is 1. The van der Waals surface area contributed by atoms with Crippen molar-refractivity contribution in [3.63, 3.8) is 0 Å². The van der Waals surface area contributed by atoms with E-state index in [2.05, 4.69) is 0 Å². The quantitative estimate of drug-likeness (QED) is 0.506. The Kier molecular flexibility index (Phi) is 5.55. The van der Waals surface area contributed by atoms with Crippen molar-refractivity contribution in [1.82, 2.24) is 0 Å². The molecular formula is C8H11NO3. The first-order chi connectivity index (χ1) is 5.66. The van der Waals surface area contributed by atoms with Gasteiger partial charge in [0.25, 0.3) is 0 Å². The van der Waals surface area contributed by atoms with Gasteiger partial charge in [0.15, 0.2) is 12.4 Å². The smallest absolute Gasteiger partial charge is 0.168 e. The molecule has 1 rings (SSSR count). The van der Waals surface area contributed by atoms with Crippen LogP contribution < -0.4 is 9.67 Å². The lowest BCUT2D eigenvalue weighted by atomic mass is 10.5. The van der Waals surface area contributed by atoms with Crippen molar-refractivity contribution in [3.8, 4) is 0 Å². The number of carboxylic acid groups (broad SMARTS) is 1. The average Bonchev–Trinajstić information content (AvgIpc) is 2.07. The maximum absolute atomic E-state index is 9.01. The molecule has 0 aliphatic heterocycles. The van der Waals surface area contributed by atoms with Crippen LogP contribution in [0.2, 0.25) is 0 Å². The van der Waals surface area contributed by atoms with Crippen LogP contribution in [0.5, 0.6) is 0 Å². The van der Waals surface area contributed by atoms with Gasteiger partial charge in [-0.05, 0) is 0 Å². The molecule has 0 aliphatic carbocycles. The Balaban J connectivity index is 0.000000217. The lowest BCUT2D eigenvalue weighted by Gasteiger charge is -1.86. The van der Waals surface area contributed by atoms with Crippen LogP contribution in [-0.4, -0.2) is 17.7 Å². The molecule has 4 heteroatoms. The number of hydrogen-bond acceptors (Lipinski definition) is 3. The number of aliphatic carboxylic acids is 1. The second kappa shape index (κ2) is 6.30. The van der Waals surface area contributed by atoms with Crippen LogP contribution in [0.25, 0.3) is 0 Å². The van der Waals surface area contributed by atoms with Gasteiger partial charge in [-0.2, -0.15) is 0 Å². The van der Waals surface area contributed by atoms with Gasteiger partial charge in [-0.25, -0.2) is 4.57 Å². The fraction of sp³-hybridized carbons (Fsp3) is 0.250. The highest BCUT2D eigenvalue weighted by atomic mass is 16.4. The van der Waals surface area contributed by atoms with E-state index in [-0.39, 0.29) is 0 Å². The first-order valence-corrected chi connectivity index (χ1v) is 3.37. The molecule has 0 atom stereocenters. The van der Waals surface area contributed by atoms with Crippen LogP contribution in [0.3, 0.4) is 0 Å². The minimum absolute atomic E-state index is 0.889. The first-order valence-electron chi connectivity index (χ1n) is 3.37. The zero-order valence-corrected chi connectivity index (χ0v) is 6.80. The zero-order valence-electron chi connectivity index (χ0n) is 6.80. The van der Waals surface area contributed by atoms with Crippen molar-refractivity contribution < 1.29 is 19.6 Å². The van der Waals surface area contributed by atoms with Gasteiger partial charge in [0.1, 0.15) is 7.05 Å². The molecule has 12 heavy (non-hydrogen) atoms. The van der Waals surface area contributed by atoms with Gasteiger partial charge in [-0.15, -0.1) is 0 Å². The van der Waals surface area contributed by atoms with Crippen LogP contribution in [0, 0.1) is 0 Å². The van der Waals surface area contributed by atoms with E-state index < -0.39 is 12.6 Å². The number of carbonyl (C=O) groups excluding carboxylic acids is 1. The molecule has 1 heterocycles. The highest BCUT2D eigenvalue weighted by molar-refractivity contribution is 5.65. The second-order valence-electron chi connectivity index (χ2n) is 2.07. The molecule has 1 aromatic rings. The normalized spacial score (nSPS) is 8.17. The number of aliphatic hydroxyl groups excluding tert-OH is 1. The topological polar surface area (TPSA) is 64.2 Å². The van der Waals surface area contributed by atoms with Crippen molar-refractivity contribution in [1.29, 1.82) is 0 Å². The lowest BCUT2D eigenvalue weighted by molar-refractivity contribution is -0.671. The Morgan fingerprint density at radius 3 is 2.00 bits per heavy atom. The Morgan fingerprint density at radius 2 is 1.83 bits per heavy atom. The van der Waals surface area contributed by atoms with Crippen molar-refractivity contribution in [2.45, 2.75) is 0 Å². The molecule has 0 radical (unpaired) electrons. The fourth-order valence-electron chi connectivity index (χ4n) is 0.485. The van der Waals surface area contributed by atoms with Crippen LogP contribution >= 0.6 is 0 Å². The van der Waals surface area contributed by atoms with Gasteiger partial charge in [0.05, 0.1) is 12.6 Å². The maximum atomic E-state index is 9.01. The number of carbonyl (C=O) groups is 1. The summed E-state index contributed by atoms with van der Waals surface area (Å²) in [5.74, 6) is -1.44. The molecule has 4 nitrogen and oxygen atoms in total. The lowest BCUT2D eigenvalue weighted by Crippen LogP contribution is -2.25. The van der Waals surface area contributed by atoms with E-state index in [0.717, 1.165) is 0 Å². The molecule has 0 aromatic carbocycles. The Hall–Kier alpha value is -1.42. The Bertz CT molecular complexity index is 223. The van der Waals surface area contributed by atoms with Gasteiger partial charge in [-0.1, -0.05) is 6.07 Å². The SMILES string of the molecule is C[n+]1ccccc1.O=C([O-])CO. The molecule has 0 amide bonds. The van der Waals surface area contributed by atoms with Crippen LogP contribution in [0.4, 0.5) is 0 Å². The summed E-state index contributed by atoms with van der Waals surface area (Å²) in [6.45, 7) is -0.889. The monoisotopic (exact) mass is 169 g/mol. The molecule has 0 aliphatic rings. The van der Waals surface area contributed by atoms with E-state index in [0.29, 0.717) is 0 Å². The number of carboxylic acids is 1. The van der Waals surface area contributed by atoms with Gasteiger partial charge in [-0.3, -0.25) is 0 Å². The summed E-state index contributed by atoms with van der Waals surface area (Å²) >= 11 is 0. The van der Waals surface area contributed by atoms with Gasteiger partial charge >= 0.3 is 0 Å². The number of rotatable bonds is 1. The molecule has 0 saturated carbocycles. The molecule has 0 saturated heterocycles. The molecule has 1 aromatic heterocycles. The van der Waals surface area contributed by atoms with Crippen molar-refractivity contribution in [3.05, 3.63) is 30.6 Å². The molecule has 0 spiro atoms. The van der Waals surface area contributed by atoms with E-state index in [1.165, 1.54) is 0 Å². The summed E-state index contributed by atoms with van der Waals surface area (Å²) in [5, 5.41) is 16.5. The predicted octanol–water partition coefficient (Wildman–Crippen LogP) is -1.76. The second-order valence-corrected chi connectivity index (χ2v) is 2.07. The largest absolute Gasteiger partial charge is 0.548 e. The van der Waals surface area contributed by atoms with E-state index in [9.17, 15) is 0 Å². The third-order valence-corrected chi connectivity index (χ3v) is 0.994. The third-order valence-electron chi connectivity index (χ3n) is 0.994. The van der Waals surface area contributed by atoms with Crippen molar-refractivity contribution >= 4 is 5.97 Å². The number of aromatic nitrogens is 1. The van der Waals surface area contributed by atoms with Gasteiger partial charge in [0.2, 0.25) is 0 Å². The number of pyridine rings is 1. The number of aliphatic hydroxyl groups is 1. The minimum atomic E-state index is -1.44. The van der Waals surface area contributed by atoms with E-state index in [1.54, 1.807) is 0 Å². The first kappa shape index (κ1) is 10.6. The molecule has 0 unspecified atom stereocenters. The van der Waals surface area contributed by atoms with E-state index >= 15 is 0 Å². The predicted molar refractivity (Wildman–Crippen MR) is 39.7 cm³/mol. The van der Waals surface area contributed by atoms with E-state index in [1.807, 2.05) is 42.2 Å². The summed E-state index contributed by atoms with van der Waals surface area (Å²) in [4.78, 5) is 9.01. The fourth-order valence-corrected chi connectivity index (χ4v) is 0.485. The van der Waals surface area contributed by atoms with Crippen molar-refractivity contribution in [2.24, 2.45) is 7.05 Å². The summed E-state index contributed by atoms with van der Waals surface area (Å²) in [6.07, 6.45) is 4.00. The molecule has 0 fully saturated rings. The average molecular weight is 169 g/mol. The van der Waals surface area contributed by atoms with Crippen LogP contribution in [0.1, 0.15) is 0 Å². The van der Waals surface area contributed by atoms with Crippen LogP contribution in [-0.2, 0) is 11.8 Å². The molecule has 0 bridgehead atoms. The summed E-state index contributed by atoms with van der Waals surface area (Å²) < 4.78 is 2.00. The highest BCUT2D eigenvalue weighted by Gasteiger charge is 1.78. The Morgan fingerprint density at radius 1 is 1.42 bits per heavy atom. The molecule has 66 valence electrons. The standard InChI is InChI=1S/C6H8N.C2H4O3/c1-7-5-3-2-4-6-7;3-1-2(4)5/h2-6H,1H3;3H,1H2,(H,4,5)/q+1;/p-1. The van der Waals surface area contributed by atoms with Crippen LogP contribution in [0.15, 0.2) is 30.6 Å². The Labute approximate surface area is 70.7 Å². The van der Waals surface area contributed by atoms with Gasteiger partial charge < -0.3 is 15.0 Å². The number of aryl methyl sites for hydroxylation is 1. The van der Waals surface area contributed by atoms with E-state index in [4.69, 9.17) is 15.0 Å². The third kappa shape index (κ3) is 6.70. The minimum Gasteiger partial charge on any atom is -0.548 e. The zero-order chi connectivity index (χ0) is 9.40. The molecule has 1 N–H and O–H groups in total. The summed E-state index contributed by atoms with van der Waals surface area (Å²) in [7, 11) is 2.00. The maximum Gasteiger partial charge on any atom is 0.168 e. The molecular weight excluding hydrogens is 158 g/mol. The van der Waals surface area contributed by atoms with Gasteiger partial charge in [0, 0.05) is 12.1 Å². The van der Waals surface area contributed by atoms with Crippen molar-refractivity contribution in [2.75, 3.05) is 6.61 Å². The number of nitrogens with zero attached hydrogens (tertiary/aromatic N) is 1.